The molecule has 7 unspecified atom stereocenters. The first-order valence-corrected chi connectivity index (χ1v) is 10.2. The number of phenols is 1. The molecule has 0 aromatic heterocycles. The molecule has 0 amide bonds. The van der Waals surface area contributed by atoms with Crippen LogP contribution in [0.2, 0.25) is 0 Å². The minimum atomic E-state index is -1.63. The van der Waals surface area contributed by atoms with Gasteiger partial charge in [-0.1, -0.05) is 0 Å². The lowest BCUT2D eigenvalue weighted by molar-refractivity contribution is -0.141. The van der Waals surface area contributed by atoms with Crippen LogP contribution < -0.4 is 0 Å². The number of rotatable bonds is 2. The van der Waals surface area contributed by atoms with Gasteiger partial charge in [0.1, 0.15) is 23.6 Å². The molecule has 1 saturated carbocycles. The largest absolute Gasteiger partial charge is 0.507 e. The predicted molar refractivity (Wildman–Crippen MR) is 101 cm³/mol. The zero-order valence-electron chi connectivity index (χ0n) is 16.7. The Morgan fingerprint density at radius 3 is 2.58 bits per heavy atom. The summed E-state index contributed by atoms with van der Waals surface area (Å²) in [4.78, 5) is 37.9. The highest BCUT2D eigenvalue weighted by atomic mass is 16.5. The first-order chi connectivity index (χ1) is 14.6. The quantitative estimate of drug-likeness (QED) is 0.526. The molecule has 4 N–H and O–H groups in total. The lowest BCUT2D eigenvalue weighted by atomic mass is 9.61. The summed E-state index contributed by atoms with van der Waals surface area (Å²) < 4.78 is 11.4. The van der Waals surface area contributed by atoms with Crippen LogP contribution in [0.25, 0.3) is 0 Å². The van der Waals surface area contributed by atoms with Gasteiger partial charge >= 0.3 is 5.97 Å². The molecule has 0 bridgehead atoms. The summed E-state index contributed by atoms with van der Waals surface area (Å²) in [6.45, 7) is 3.23. The highest BCUT2D eigenvalue weighted by Crippen LogP contribution is 2.78. The monoisotopic (exact) mass is 428 g/mol. The SMILES string of the molecule is CC1OC(CC(=O)O)Cc2cc3c(c(O)c21)C(=O)C1=C(C3=O)C2OC(C)C3(O)C(O)C123. The van der Waals surface area contributed by atoms with Gasteiger partial charge in [-0.25, -0.2) is 0 Å². The third-order valence-corrected chi connectivity index (χ3v) is 7.77. The topological polar surface area (TPSA) is 151 Å². The Kier molecular flexibility index (Phi) is 3.34. The van der Waals surface area contributed by atoms with Crippen molar-refractivity contribution in [1.82, 2.24) is 0 Å². The van der Waals surface area contributed by atoms with E-state index in [-0.39, 0.29) is 40.9 Å². The minimum Gasteiger partial charge on any atom is -0.507 e. The van der Waals surface area contributed by atoms with Gasteiger partial charge in [-0.15, -0.1) is 0 Å². The van der Waals surface area contributed by atoms with Crippen LogP contribution in [0, 0.1) is 5.41 Å². The van der Waals surface area contributed by atoms with Gasteiger partial charge in [0.05, 0.1) is 35.7 Å². The van der Waals surface area contributed by atoms with Gasteiger partial charge in [0.2, 0.25) is 0 Å². The molecule has 1 aromatic carbocycles. The van der Waals surface area contributed by atoms with Crippen LogP contribution in [0.1, 0.15) is 58.2 Å². The first-order valence-electron chi connectivity index (χ1n) is 10.2. The number of Topliss-reactive ketones (excluding diaryl/α,β-unsaturated/α-hetero) is 2. The average molecular weight is 428 g/mol. The molecule has 6 rings (SSSR count). The number of benzene rings is 1. The summed E-state index contributed by atoms with van der Waals surface area (Å²) in [5.74, 6) is -2.48. The van der Waals surface area contributed by atoms with Crippen molar-refractivity contribution in [2.45, 2.75) is 62.8 Å². The van der Waals surface area contributed by atoms with Crippen LogP contribution in [-0.4, -0.2) is 68.0 Å². The number of carbonyl (C=O) groups excluding carboxylic acids is 2. The van der Waals surface area contributed by atoms with Crippen molar-refractivity contribution < 1.29 is 44.3 Å². The Bertz CT molecular complexity index is 1170. The van der Waals surface area contributed by atoms with Crippen LogP contribution in [0.4, 0.5) is 0 Å². The molecule has 3 aliphatic carbocycles. The molecule has 2 aliphatic heterocycles. The van der Waals surface area contributed by atoms with Crippen LogP contribution in [-0.2, 0) is 20.7 Å². The van der Waals surface area contributed by atoms with Crippen molar-refractivity contribution in [1.29, 1.82) is 0 Å². The maximum absolute atomic E-state index is 13.4. The molecular formula is C22H20O9. The number of carboxylic acid groups (broad SMARTS) is 1. The maximum Gasteiger partial charge on any atom is 0.305 e. The summed E-state index contributed by atoms with van der Waals surface area (Å²) in [6, 6.07) is 1.53. The van der Waals surface area contributed by atoms with Gasteiger partial charge in [0.15, 0.2) is 11.6 Å². The van der Waals surface area contributed by atoms with E-state index in [1.165, 1.54) is 6.07 Å². The van der Waals surface area contributed by atoms with Gasteiger partial charge in [0, 0.05) is 22.3 Å². The number of aromatic hydroxyl groups is 1. The number of aliphatic hydroxyl groups is 2. The van der Waals surface area contributed by atoms with E-state index >= 15 is 0 Å². The molecule has 31 heavy (non-hydrogen) atoms. The number of phenolic OH excluding ortho intramolecular Hbond substituents is 1. The predicted octanol–water partition coefficient (Wildman–Crippen LogP) is 0.438. The second-order valence-electron chi connectivity index (χ2n) is 9.13. The molecule has 9 nitrogen and oxygen atoms in total. The molecule has 9 heteroatoms. The number of carboxylic acids is 1. The minimum absolute atomic E-state index is 0.0257. The van der Waals surface area contributed by atoms with E-state index in [0.29, 0.717) is 11.1 Å². The van der Waals surface area contributed by atoms with Gasteiger partial charge in [-0.2, -0.15) is 0 Å². The van der Waals surface area contributed by atoms with E-state index in [4.69, 9.17) is 14.6 Å². The van der Waals surface area contributed by atoms with Gasteiger partial charge in [0.25, 0.3) is 0 Å². The molecule has 5 aliphatic rings. The highest BCUT2D eigenvalue weighted by molar-refractivity contribution is 6.31. The summed E-state index contributed by atoms with van der Waals surface area (Å²) >= 11 is 0. The van der Waals surface area contributed by atoms with E-state index in [0.717, 1.165) is 0 Å². The smallest absolute Gasteiger partial charge is 0.305 e. The van der Waals surface area contributed by atoms with Crippen molar-refractivity contribution in [3.05, 3.63) is 39.5 Å². The Balaban J connectivity index is 1.49. The second-order valence-corrected chi connectivity index (χ2v) is 9.13. The van der Waals surface area contributed by atoms with E-state index in [9.17, 15) is 29.7 Å². The molecule has 1 saturated heterocycles. The Morgan fingerprint density at radius 1 is 1.23 bits per heavy atom. The number of hydrogen-bond acceptors (Lipinski definition) is 8. The number of ether oxygens (including phenoxy) is 2. The van der Waals surface area contributed by atoms with Crippen molar-refractivity contribution in [3.8, 4) is 5.75 Å². The van der Waals surface area contributed by atoms with E-state index in [2.05, 4.69) is 0 Å². The van der Waals surface area contributed by atoms with Crippen LogP contribution in [0.15, 0.2) is 17.2 Å². The first kappa shape index (κ1) is 19.1. The van der Waals surface area contributed by atoms with Gasteiger partial charge in [-0.3, -0.25) is 14.4 Å². The molecule has 1 aromatic rings. The van der Waals surface area contributed by atoms with Crippen LogP contribution >= 0.6 is 0 Å². The normalized spacial score (nSPS) is 41.6. The van der Waals surface area contributed by atoms with Gasteiger partial charge in [-0.05, 0) is 31.9 Å². The average Bonchev–Trinajstić information content (AvgIpc) is 3.12. The third-order valence-electron chi connectivity index (χ3n) is 7.77. The van der Waals surface area contributed by atoms with E-state index < -0.39 is 59.1 Å². The number of aliphatic carboxylic acids is 1. The Hall–Kier alpha value is -2.59. The zero-order chi connectivity index (χ0) is 22.2. The fraction of sp³-hybridized carbons (Fsp3) is 0.500. The summed E-state index contributed by atoms with van der Waals surface area (Å²) in [7, 11) is 0. The fourth-order valence-electron chi connectivity index (χ4n) is 6.40. The van der Waals surface area contributed by atoms with Gasteiger partial charge < -0.3 is 29.9 Å². The molecule has 7 atom stereocenters. The lowest BCUT2D eigenvalue weighted by Crippen LogP contribution is -2.49. The molecule has 162 valence electrons. The van der Waals surface area contributed by atoms with E-state index in [1.807, 2.05) is 0 Å². The molecule has 1 spiro atoms. The van der Waals surface area contributed by atoms with Crippen LogP contribution in [0.5, 0.6) is 5.75 Å². The van der Waals surface area contributed by atoms with Crippen molar-refractivity contribution >= 4 is 17.5 Å². The molecule has 2 heterocycles. The number of hydrogen-bond donors (Lipinski definition) is 4. The van der Waals surface area contributed by atoms with Crippen LogP contribution in [0.3, 0.4) is 0 Å². The molecule has 0 radical (unpaired) electrons. The summed E-state index contributed by atoms with van der Waals surface area (Å²) in [5.41, 5.74) is -2.04. The third kappa shape index (κ3) is 1.83. The van der Waals surface area contributed by atoms with E-state index in [1.54, 1.807) is 13.8 Å². The number of fused-ring (bicyclic) bond motifs is 3. The lowest BCUT2D eigenvalue weighted by Gasteiger charge is -2.41. The standard InChI is InChI=1S/C22H20O9/c1-6-12-8(3-9(30-6)5-11(23)24)4-10-13(17(12)26)18(27)15-14(16(10)25)19-21(15)20(28)22(21,29)7(2)31-19/h4,6-7,9,19-20,26,28-29H,3,5H2,1-2H3,(H,23,24). The number of aliphatic hydroxyl groups excluding tert-OH is 1. The summed E-state index contributed by atoms with van der Waals surface area (Å²) in [6.07, 6.45) is -4.19. The van der Waals surface area contributed by atoms with Crippen molar-refractivity contribution in [2.24, 2.45) is 5.41 Å². The fourth-order valence-corrected chi connectivity index (χ4v) is 6.40. The summed E-state index contributed by atoms with van der Waals surface area (Å²) in [5, 5.41) is 41.5. The van der Waals surface area contributed by atoms with Crippen molar-refractivity contribution in [3.63, 3.8) is 0 Å². The van der Waals surface area contributed by atoms with Crippen molar-refractivity contribution in [2.75, 3.05) is 0 Å². The number of ketones is 2. The maximum atomic E-state index is 13.4. The molecule has 2 fully saturated rings. The number of carbonyl (C=O) groups is 3. The Labute approximate surface area is 175 Å². The Morgan fingerprint density at radius 2 is 1.94 bits per heavy atom. The second kappa shape index (κ2) is 5.42. The molecular weight excluding hydrogens is 408 g/mol. The highest BCUT2D eigenvalue weighted by Gasteiger charge is 2.93. The zero-order valence-corrected chi connectivity index (χ0v) is 16.7.